The lowest BCUT2D eigenvalue weighted by molar-refractivity contribution is 0.102. The van der Waals surface area contributed by atoms with Gasteiger partial charge in [0.15, 0.2) is 0 Å². The Kier molecular flexibility index (Phi) is 3.86. The van der Waals surface area contributed by atoms with Crippen molar-refractivity contribution >= 4 is 23.2 Å². The average molecular weight is 275 g/mol. The SMILES string of the molecule is Cc1cc(Cl)ccc1NC(=O)c1ccnc(C)c1C. The van der Waals surface area contributed by atoms with Gasteiger partial charge in [0.05, 0.1) is 0 Å². The first kappa shape index (κ1) is 13.6. The highest BCUT2D eigenvalue weighted by atomic mass is 35.5. The van der Waals surface area contributed by atoms with Gasteiger partial charge in [0.1, 0.15) is 0 Å². The number of nitrogens with zero attached hydrogens (tertiary/aromatic N) is 1. The van der Waals surface area contributed by atoms with Gasteiger partial charge in [-0.25, -0.2) is 0 Å². The van der Waals surface area contributed by atoms with Gasteiger partial charge in [0.25, 0.3) is 5.91 Å². The van der Waals surface area contributed by atoms with Crippen LogP contribution in [-0.4, -0.2) is 10.9 Å². The third kappa shape index (κ3) is 2.93. The summed E-state index contributed by atoms with van der Waals surface area (Å²) in [6.45, 7) is 5.69. The second-order valence-corrected chi connectivity index (χ2v) is 4.92. The number of aryl methyl sites for hydroxylation is 2. The minimum atomic E-state index is -0.131. The molecule has 0 aliphatic rings. The Labute approximate surface area is 117 Å². The molecule has 0 saturated heterocycles. The van der Waals surface area contributed by atoms with E-state index in [0.29, 0.717) is 10.6 Å². The largest absolute Gasteiger partial charge is 0.322 e. The predicted octanol–water partition coefficient (Wildman–Crippen LogP) is 3.91. The Balaban J connectivity index is 2.28. The van der Waals surface area contributed by atoms with Gasteiger partial charge in [0, 0.05) is 28.2 Å². The zero-order valence-corrected chi connectivity index (χ0v) is 11.9. The highest BCUT2D eigenvalue weighted by Crippen LogP contribution is 2.21. The summed E-state index contributed by atoms with van der Waals surface area (Å²) < 4.78 is 0. The fourth-order valence-corrected chi connectivity index (χ4v) is 2.07. The van der Waals surface area contributed by atoms with E-state index in [9.17, 15) is 4.79 Å². The molecule has 0 saturated carbocycles. The maximum Gasteiger partial charge on any atom is 0.256 e. The number of pyridine rings is 1. The van der Waals surface area contributed by atoms with E-state index in [-0.39, 0.29) is 5.91 Å². The van der Waals surface area contributed by atoms with E-state index in [2.05, 4.69) is 10.3 Å². The van der Waals surface area contributed by atoms with Crippen molar-refractivity contribution in [2.24, 2.45) is 0 Å². The standard InChI is InChI=1S/C15H15ClN2O/c1-9-8-12(16)4-5-14(9)18-15(19)13-6-7-17-11(3)10(13)2/h4-8H,1-3H3,(H,18,19). The summed E-state index contributed by atoms with van der Waals surface area (Å²) in [5.74, 6) is -0.131. The molecule has 0 fully saturated rings. The average Bonchev–Trinajstić information content (AvgIpc) is 2.36. The summed E-state index contributed by atoms with van der Waals surface area (Å²) >= 11 is 5.90. The predicted molar refractivity (Wildman–Crippen MR) is 77.9 cm³/mol. The van der Waals surface area contributed by atoms with Gasteiger partial charge in [-0.3, -0.25) is 9.78 Å². The number of carbonyl (C=O) groups excluding carboxylic acids is 1. The van der Waals surface area contributed by atoms with E-state index in [1.165, 1.54) is 0 Å². The molecule has 19 heavy (non-hydrogen) atoms. The number of carbonyl (C=O) groups is 1. The number of benzene rings is 1. The molecule has 1 aromatic carbocycles. The second kappa shape index (κ2) is 5.41. The van der Waals surface area contributed by atoms with Crippen LogP contribution in [0.1, 0.15) is 27.2 Å². The fraction of sp³-hybridized carbons (Fsp3) is 0.200. The molecule has 4 heteroatoms. The summed E-state index contributed by atoms with van der Waals surface area (Å²) in [4.78, 5) is 16.4. The van der Waals surface area contributed by atoms with Crippen molar-refractivity contribution in [1.82, 2.24) is 4.98 Å². The van der Waals surface area contributed by atoms with Crippen LogP contribution in [0.4, 0.5) is 5.69 Å². The number of amides is 1. The first-order valence-electron chi connectivity index (χ1n) is 5.98. The Morgan fingerprint density at radius 3 is 2.63 bits per heavy atom. The number of hydrogen-bond donors (Lipinski definition) is 1. The van der Waals surface area contributed by atoms with E-state index < -0.39 is 0 Å². The Morgan fingerprint density at radius 1 is 1.21 bits per heavy atom. The number of hydrogen-bond acceptors (Lipinski definition) is 2. The van der Waals surface area contributed by atoms with E-state index >= 15 is 0 Å². The highest BCUT2D eigenvalue weighted by Gasteiger charge is 2.12. The van der Waals surface area contributed by atoms with Gasteiger partial charge in [-0.2, -0.15) is 0 Å². The van der Waals surface area contributed by atoms with Crippen LogP contribution in [-0.2, 0) is 0 Å². The molecule has 1 amide bonds. The van der Waals surface area contributed by atoms with E-state index in [0.717, 1.165) is 22.5 Å². The summed E-state index contributed by atoms with van der Waals surface area (Å²) in [5, 5.41) is 3.56. The molecule has 2 rings (SSSR count). The molecule has 1 N–H and O–H groups in total. The number of nitrogens with one attached hydrogen (secondary N) is 1. The third-order valence-corrected chi connectivity index (χ3v) is 3.37. The molecule has 1 heterocycles. The molecule has 0 unspecified atom stereocenters. The molecule has 0 aliphatic heterocycles. The molecule has 0 radical (unpaired) electrons. The summed E-state index contributed by atoms with van der Waals surface area (Å²) in [5.41, 5.74) is 4.10. The minimum absolute atomic E-state index is 0.131. The quantitative estimate of drug-likeness (QED) is 0.902. The Hall–Kier alpha value is -1.87. The zero-order valence-electron chi connectivity index (χ0n) is 11.1. The summed E-state index contributed by atoms with van der Waals surface area (Å²) in [6.07, 6.45) is 1.64. The number of rotatable bonds is 2. The van der Waals surface area contributed by atoms with Crippen molar-refractivity contribution in [2.75, 3.05) is 5.32 Å². The van der Waals surface area contributed by atoms with Gasteiger partial charge in [-0.05, 0) is 56.2 Å². The third-order valence-electron chi connectivity index (χ3n) is 3.14. The molecule has 98 valence electrons. The van der Waals surface area contributed by atoms with Crippen LogP contribution in [0.25, 0.3) is 0 Å². The normalized spacial score (nSPS) is 10.3. The van der Waals surface area contributed by atoms with Crippen LogP contribution in [0.3, 0.4) is 0 Å². The number of halogens is 1. The van der Waals surface area contributed by atoms with Crippen molar-refractivity contribution in [1.29, 1.82) is 0 Å². The maximum atomic E-state index is 12.3. The van der Waals surface area contributed by atoms with Crippen molar-refractivity contribution in [3.63, 3.8) is 0 Å². The lowest BCUT2D eigenvalue weighted by Crippen LogP contribution is -2.15. The summed E-state index contributed by atoms with van der Waals surface area (Å²) in [7, 11) is 0. The van der Waals surface area contributed by atoms with Gasteiger partial charge >= 0.3 is 0 Å². The number of aromatic nitrogens is 1. The fourth-order valence-electron chi connectivity index (χ4n) is 1.84. The molecular formula is C15H15ClN2O. The van der Waals surface area contributed by atoms with Crippen molar-refractivity contribution in [2.45, 2.75) is 20.8 Å². The van der Waals surface area contributed by atoms with Crippen molar-refractivity contribution < 1.29 is 4.79 Å². The van der Waals surface area contributed by atoms with Crippen LogP contribution in [0.5, 0.6) is 0 Å². The van der Waals surface area contributed by atoms with Crippen LogP contribution < -0.4 is 5.32 Å². The highest BCUT2D eigenvalue weighted by molar-refractivity contribution is 6.30. The van der Waals surface area contributed by atoms with Crippen molar-refractivity contribution in [3.05, 3.63) is 57.9 Å². The topological polar surface area (TPSA) is 42.0 Å². The van der Waals surface area contributed by atoms with Crippen LogP contribution in [0.2, 0.25) is 5.02 Å². The van der Waals surface area contributed by atoms with Gasteiger partial charge in [-0.1, -0.05) is 11.6 Å². The molecular weight excluding hydrogens is 260 g/mol. The minimum Gasteiger partial charge on any atom is -0.322 e. The van der Waals surface area contributed by atoms with Gasteiger partial charge < -0.3 is 5.32 Å². The molecule has 1 aromatic heterocycles. The first-order valence-corrected chi connectivity index (χ1v) is 6.36. The monoisotopic (exact) mass is 274 g/mol. The maximum absolute atomic E-state index is 12.3. The van der Waals surface area contributed by atoms with Crippen LogP contribution >= 0.6 is 11.6 Å². The van der Waals surface area contributed by atoms with E-state index in [1.807, 2.05) is 26.8 Å². The Bertz CT molecular complexity index is 638. The van der Waals surface area contributed by atoms with Gasteiger partial charge in [0.2, 0.25) is 0 Å². The number of anilines is 1. The van der Waals surface area contributed by atoms with Crippen molar-refractivity contribution in [3.8, 4) is 0 Å². The lowest BCUT2D eigenvalue weighted by atomic mass is 10.1. The molecule has 3 nitrogen and oxygen atoms in total. The molecule has 0 atom stereocenters. The van der Waals surface area contributed by atoms with Gasteiger partial charge in [-0.15, -0.1) is 0 Å². The van der Waals surface area contributed by atoms with E-state index in [4.69, 9.17) is 11.6 Å². The molecule has 0 spiro atoms. The Morgan fingerprint density at radius 2 is 1.95 bits per heavy atom. The smallest absolute Gasteiger partial charge is 0.256 e. The summed E-state index contributed by atoms with van der Waals surface area (Å²) in [6, 6.07) is 7.11. The van der Waals surface area contributed by atoms with Crippen LogP contribution in [0, 0.1) is 20.8 Å². The lowest BCUT2D eigenvalue weighted by Gasteiger charge is -2.11. The van der Waals surface area contributed by atoms with Crippen LogP contribution in [0.15, 0.2) is 30.5 Å². The van der Waals surface area contributed by atoms with E-state index in [1.54, 1.807) is 24.4 Å². The molecule has 2 aromatic rings. The zero-order chi connectivity index (χ0) is 14.0. The molecule has 0 bridgehead atoms. The second-order valence-electron chi connectivity index (χ2n) is 4.48. The first-order chi connectivity index (χ1) is 8.99. The molecule has 0 aliphatic carbocycles.